The van der Waals surface area contributed by atoms with Gasteiger partial charge in [0, 0.05) is 24.7 Å². The molecule has 1 aromatic carbocycles. The standard InChI is InChI=1S/C18H26N2O/c1-14-5-7-15(8-6-14)18(21)13-20-11-9-17-16(12-20)4-3-10-19(17)2/h5-8,16-17H,3-4,9-13H2,1-2H3. The number of piperidine rings is 2. The molecule has 0 N–H and O–H groups in total. The summed E-state index contributed by atoms with van der Waals surface area (Å²) in [6.07, 6.45) is 3.84. The van der Waals surface area contributed by atoms with Crippen LogP contribution in [0.5, 0.6) is 0 Å². The lowest BCUT2D eigenvalue weighted by Crippen LogP contribution is -2.53. The van der Waals surface area contributed by atoms with Crippen LogP contribution in [-0.4, -0.2) is 54.9 Å². The first-order valence-electron chi connectivity index (χ1n) is 8.16. The van der Waals surface area contributed by atoms with Gasteiger partial charge in [0.25, 0.3) is 0 Å². The summed E-state index contributed by atoms with van der Waals surface area (Å²) < 4.78 is 0. The number of hydrogen-bond acceptors (Lipinski definition) is 3. The monoisotopic (exact) mass is 286 g/mol. The molecule has 3 rings (SSSR count). The fourth-order valence-corrected chi connectivity index (χ4v) is 3.91. The van der Waals surface area contributed by atoms with Crippen LogP contribution < -0.4 is 0 Å². The Morgan fingerprint density at radius 2 is 1.95 bits per heavy atom. The summed E-state index contributed by atoms with van der Waals surface area (Å²) in [6.45, 7) is 6.02. The zero-order valence-corrected chi connectivity index (χ0v) is 13.2. The Kier molecular flexibility index (Phi) is 4.41. The molecule has 0 amide bonds. The average Bonchev–Trinajstić information content (AvgIpc) is 2.48. The predicted octanol–water partition coefficient (Wildman–Crippen LogP) is 2.59. The van der Waals surface area contributed by atoms with Gasteiger partial charge in [-0.25, -0.2) is 0 Å². The van der Waals surface area contributed by atoms with Gasteiger partial charge in [-0.1, -0.05) is 29.8 Å². The summed E-state index contributed by atoms with van der Waals surface area (Å²) in [6, 6.07) is 8.70. The fraction of sp³-hybridized carbons (Fsp3) is 0.611. The van der Waals surface area contributed by atoms with Crippen LogP contribution in [0.2, 0.25) is 0 Å². The van der Waals surface area contributed by atoms with Gasteiger partial charge in [0.1, 0.15) is 0 Å². The smallest absolute Gasteiger partial charge is 0.176 e. The van der Waals surface area contributed by atoms with Crippen molar-refractivity contribution in [2.45, 2.75) is 32.2 Å². The maximum Gasteiger partial charge on any atom is 0.176 e. The van der Waals surface area contributed by atoms with E-state index in [2.05, 4.69) is 23.8 Å². The number of fused-ring (bicyclic) bond motifs is 1. The van der Waals surface area contributed by atoms with Crippen molar-refractivity contribution in [3.63, 3.8) is 0 Å². The number of likely N-dealkylation sites (tertiary alicyclic amines) is 2. The van der Waals surface area contributed by atoms with Crippen LogP contribution in [0, 0.1) is 12.8 Å². The summed E-state index contributed by atoms with van der Waals surface area (Å²) in [5.74, 6) is 1.01. The zero-order valence-electron chi connectivity index (χ0n) is 13.2. The molecule has 2 fully saturated rings. The Bertz CT molecular complexity index is 496. The molecule has 0 spiro atoms. The summed E-state index contributed by atoms with van der Waals surface area (Å²) in [5, 5.41) is 0. The van der Waals surface area contributed by atoms with Crippen molar-refractivity contribution < 1.29 is 4.79 Å². The summed E-state index contributed by atoms with van der Waals surface area (Å²) >= 11 is 0. The molecule has 0 aliphatic carbocycles. The fourth-order valence-electron chi connectivity index (χ4n) is 3.91. The average molecular weight is 286 g/mol. The number of nitrogens with zero attached hydrogens (tertiary/aromatic N) is 2. The minimum Gasteiger partial charge on any atom is -0.303 e. The number of Topliss-reactive ketones (excluding diaryl/α,β-unsaturated/α-hetero) is 1. The highest BCUT2D eigenvalue weighted by Gasteiger charge is 2.34. The van der Waals surface area contributed by atoms with Crippen molar-refractivity contribution in [3.05, 3.63) is 35.4 Å². The largest absolute Gasteiger partial charge is 0.303 e. The molecule has 0 saturated carbocycles. The van der Waals surface area contributed by atoms with Crippen molar-refractivity contribution in [2.75, 3.05) is 33.2 Å². The third-order valence-corrected chi connectivity index (χ3v) is 5.17. The molecule has 0 aromatic heterocycles. The molecule has 2 aliphatic heterocycles. The second-order valence-corrected chi connectivity index (χ2v) is 6.76. The minimum absolute atomic E-state index is 0.262. The van der Waals surface area contributed by atoms with E-state index in [4.69, 9.17) is 0 Å². The maximum absolute atomic E-state index is 12.4. The Hall–Kier alpha value is -1.19. The van der Waals surface area contributed by atoms with Crippen LogP contribution in [0.3, 0.4) is 0 Å². The second-order valence-electron chi connectivity index (χ2n) is 6.76. The molecular formula is C18H26N2O. The van der Waals surface area contributed by atoms with E-state index in [0.717, 1.165) is 30.6 Å². The SMILES string of the molecule is Cc1ccc(C(=O)CN2CCC3C(CCCN3C)C2)cc1. The van der Waals surface area contributed by atoms with Crippen molar-refractivity contribution in [1.29, 1.82) is 0 Å². The molecule has 0 bridgehead atoms. The third kappa shape index (κ3) is 3.35. The molecule has 1 aromatic rings. The van der Waals surface area contributed by atoms with Gasteiger partial charge >= 0.3 is 0 Å². The molecule has 2 unspecified atom stereocenters. The van der Waals surface area contributed by atoms with Crippen molar-refractivity contribution >= 4 is 5.78 Å². The highest BCUT2D eigenvalue weighted by molar-refractivity contribution is 5.97. The van der Waals surface area contributed by atoms with E-state index in [0.29, 0.717) is 6.54 Å². The molecular weight excluding hydrogens is 260 g/mol. The van der Waals surface area contributed by atoms with E-state index in [1.807, 2.05) is 24.3 Å². The number of carbonyl (C=O) groups is 1. The predicted molar refractivity (Wildman–Crippen MR) is 85.7 cm³/mol. The van der Waals surface area contributed by atoms with Gasteiger partial charge < -0.3 is 4.90 Å². The first-order valence-corrected chi connectivity index (χ1v) is 8.16. The number of aryl methyl sites for hydroxylation is 1. The quantitative estimate of drug-likeness (QED) is 0.798. The summed E-state index contributed by atoms with van der Waals surface area (Å²) in [5.41, 5.74) is 2.06. The van der Waals surface area contributed by atoms with Crippen LogP contribution in [0.4, 0.5) is 0 Å². The Balaban J connectivity index is 1.59. The maximum atomic E-state index is 12.4. The zero-order chi connectivity index (χ0) is 14.8. The van der Waals surface area contributed by atoms with E-state index in [9.17, 15) is 4.79 Å². The molecule has 2 heterocycles. The normalized spacial score (nSPS) is 27.3. The lowest BCUT2D eigenvalue weighted by molar-refractivity contribution is 0.0378. The number of rotatable bonds is 3. The van der Waals surface area contributed by atoms with Gasteiger partial charge in [-0.05, 0) is 45.7 Å². The lowest BCUT2D eigenvalue weighted by atomic mass is 9.84. The van der Waals surface area contributed by atoms with E-state index in [-0.39, 0.29) is 5.78 Å². The van der Waals surface area contributed by atoms with E-state index >= 15 is 0 Å². The molecule has 2 saturated heterocycles. The number of hydrogen-bond donors (Lipinski definition) is 0. The van der Waals surface area contributed by atoms with Gasteiger partial charge in [-0.2, -0.15) is 0 Å². The van der Waals surface area contributed by atoms with Crippen molar-refractivity contribution in [2.24, 2.45) is 5.92 Å². The Morgan fingerprint density at radius 1 is 1.19 bits per heavy atom. The number of benzene rings is 1. The van der Waals surface area contributed by atoms with Gasteiger partial charge in [0.05, 0.1) is 6.54 Å². The Labute approximate surface area is 127 Å². The first-order chi connectivity index (χ1) is 10.1. The third-order valence-electron chi connectivity index (χ3n) is 5.17. The van der Waals surface area contributed by atoms with Crippen molar-refractivity contribution in [3.8, 4) is 0 Å². The molecule has 3 heteroatoms. The van der Waals surface area contributed by atoms with Gasteiger partial charge in [0.15, 0.2) is 5.78 Å². The molecule has 2 atom stereocenters. The van der Waals surface area contributed by atoms with Crippen LogP contribution in [0.1, 0.15) is 35.2 Å². The topological polar surface area (TPSA) is 23.6 Å². The van der Waals surface area contributed by atoms with E-state index in [1.165, 1.54) is 31.4 Å². The Morgan fingerprint density at radius 3 is 2.71 bits per heavy atom. The summed E-state index contributed by atoms with van der Waals surface area (Å²) in [4.78, 5) is 17.3. The molecule has 114 valence electrons. The van der Waals surface area contributed by atoms with Crippen LogP contribution in [0.15, 0.2) is 24.3 Å². The highest BCUT2D eigenvalue weighted by atomic mass is 16.1. The van der Waals surface area contributed by atoms with E-state index in [1.54, 1.807) is 0 Å². The molecule has 0 radical (unpaired) electrons. The van der Waals surface area contributed by atoms with Gasteiger partial charge in [-0.3, -0.25) is 9.69 Å². The molecule has 21 heavy (non-hydrogen) atoms. The molecule has 3 nitrogen and oxygen atoms in total. The van der Waals surface area contributed by atoms with Crippen molar-refractivity contribution in [1.82, 2.24) is 9.80 Å². The first kappa shape index (κ1) is 14.7. The number of ketones is 1. The van der Waals surface area contributed by atoms with Crippen LogP contribution in [0.25, 0.3) is 0 Å². The molecule has 2 aliphatic rings. The minimum atomic E-state index is 0.262. The number of carbonyl (C=O) groups excluding carboxylic acids is 1. The van der Waals surface area contributed by atoms with Crippen LogP contribution in [-0.2, 0) is 0 Å². The van der Waals surface area contributed by atoms with Gasteiger partial charge in [0.2, 0.25) is 0 Å². The highest BCUT2D eigenvalue weighted by Crippen LogP contribution is 2.29. The van der Waals surface area contributed by atoms with Gasteiger partial charge in [-0.15, -0.1) is 0 Å². The van der Waals surface area contributed by atoms with E-state index < -0.39 is 0 Å². The lowest BCUT2D eigenvalue weighted by Gasteiger charge is -2.45. The second kappa shape index (κ2) is 6.29. The summed E-state index contributed by atoms with van der Waals surface area (Å²) in [7, 11) is 2.25. The van der Waals surface area contributed by atoms with Crippen LogP contribution >= 0.6 is 0 Å².